The summed E-state index contributed by atoms with van der Waals surface area (Å²) in [5, 5.41) is 0. The summed E-state index contributed by atoms with van der Waals surface area (Å²) in [6, 6.07) is 0. The largest absolute Gasteiger partial charge is 0.325 e. The minimum Gasteiger partial charge on any atom is -0.311 e. The fourth-order valence-electron chi connectivity index (χ4n) is 0.393. The number of H-pyrrole nitrogens is 2. The fourth-order valence-corrected chi connectivity index (χ4v) is 0.393. The monoisotopic (exact) mass is 132 g/mol. The normalized spacial score (nSPS) is 9.44. The van der Waals surface area contributed by atoms with Crippen molar-refractivity contribution >= 4 is 0 Å². The van der Waals surface area contributed by atoms with Gasteiger partial charge in [0.25, 0.3) is 5.56 Å². The first-order valence-corrected chi connectivity index (χ1v) is 2.17. The lowest BCUT2D eigenvalue weighted by atomic mass is 10.6. The highest BCUT2D eigenvalue weighted by molar-refractivity contribution is 4.83. The molecule has 1 aromatic heterocycles. The Bertz CT molecular complexity index is 318. The minimum absolute atomic E-state index is 0. The summed E-state index contributed by atoms with van der Waals surface area (Å²) in [5.41, 5.74) is -1.71. The number of hydrogen-bond acceptors (Lipinski definition) is 2. The van der Waals surface area contributed by atoms with Crippen molar-refractivity contribution in [3.8, 4) is 0 Å². The maximum Gasteiger partial charge on any atom is 0.325 e. The van der Waals surface area contributed by atoms with Crippen LogP contribution in [0.4, 0.5) is 4.39 Å². The Morgan fingerprint density at radius 3 is 2.67 bits per heavy atom. The molecule has 0 amide bonds. The molecule has 0 radical (unpaired) electrons. The maximum atomic E-state index is 12.0. The topological polar surface area (TPSA) is 65.7 Å². The summed E-state index contributed by atoms with van der Waals surface area (Å²) in [6.45, 7) is 0. The molecule has 4 nitrogen and oxygen atoms in total. The van der Waals surface area contributed by atoms with Gasteiger partial charge in [0.05, 0.1) is 0 Å². The molecule has 5 heteroatoms. The standard InChI is InChI=1S/C4H3FN2O2.H2/c5-2-1-6-4(9)7-3(2)8;/h1H,(H2,6,7,8,9);1H. The zero-order chi connectivity index (χ0) is 6.85. The van der Waals surface area contributed by atoms with E-state index >= 15 is 0 Å². The molecule has 0 aliphatic rings. The zero-order valence-electron chi connectivity index (χ0n) is 4.27. The summed E-state index contributed by atoms with van der Waals surface area (Å²) in [6.07, 6.45) is 0.709. The molecule has 0 aliphatic carbocycles. The van der Waals surface area contributed by atoms with Crippen molar-refractivity contribution in [2.24, 2.45) is 0 Å². The smallest absolute Gasteiger partial charge is 0.311 e. The van der Waals surface area contributed by atoms with Crippen LogP contribution in [0, 0.1) is 5.82 Å². The lowest BCUT2D eigenvalue weighted by Crippen LogP contribution is -2.23. The number of rotatable bonds is 0. The average Bonchev–Trinajstić information content (AvgIpc) is 1.80. The van der Waals surface area contributed by atoms with E-state index in [1.807, 2.05) is 4.98 Å². The van der Waals surface area contributed by atoms with Gasteiger partial charge in [-0.05, 0) is 0 Å². The predicted molar refractivity (Wildman–Crippen MR) is 29.8 cm³/mol. The van der Waals surface area contributed by atoms with Crippen molar-refractivity contribution in [2.45, 2.75) is 0 Å². The van der Waals surface area contributed by atoms with Gasteiger partial charge in [0.15, 0.2) is 0 Å². The molecule has 1 heterocycles. The second-order valence-electron chi connectivity index (χ2n) is 1.42. The molecule has 0 atom stereocenters. The van der Waals surface area contributed by atoms with Crippen LogP contribution in [0.25, 0.3) is 0 Å². The number of aromatic amines is 2. The van der Waals surface area contributed by atoms with E-state index in [2.05, 4.69) is 0 Å². The van der Waals surface area contributed by atoms with Gasteiger partial charge >= 0.3 is 5.69 Å². The third-order valence-corrected chi connectivity index (χ3v) is 0.774. The molecule has 1 rings (SSSR count). The van der Waals surface area contributed by atoms with Gasteiger partial charge in [-0.2, -0.15) is 4.39 Å². The highest BCUT2D eigenvalue weighted by Crippen LogP contribution is 1.74. The summed E-state index contributed by atoms with van der Waals surface area (Å²) >= 11 is 0. The van der Waals surface area contributed by atoms with Crippen molar-refractivity contribution < 1.29 is 5.82 Å². The van der Waals surface area contributed by atoms with Crippen LogP contribution >= 0.6 is 0 Å². The molecule has 0 unspecified atom stereocenters. The molecule has 1 aromatic rings. The summed E-state index contributed by atoms with van der Waals surface area (Å²) < 4.78 is 12.0. The van der Waals surface area contributed by atoms with Gasteiger partial charge in [0.1, 0.15) is 0 Å². The molecule has 0 fully saturated rings. The first kappa shape index (κ1) is 5.74. The van der Waals surface area contributed by atoms with E-state index in [0.29, 0.717) is 6.20 Å². The average molecular weight is 132 g/mol. The number of halogens is 1. The van der Waals surface area contributed by atoms with Gasteiger partial charge in [0, 0.05) is 7.62 Å². The zero-order valence-corrected chi connectivity index (χ0v) is 4.27. The molecule has 50 valence electrons. The summed E-state index contributed by atoms with van der Waals surface area (Å²) in [7, 11) is 0. The SMILES string of the molecule is O=c1[nH]cc(F)c(=O)[nH]1.[HH]. The lowest BCUT2D eigenvalue weighted by Gasteiger charge is -1.81. The molecule has 9 heavy (non-hydrogen) atoms. The van der Waals surface area contributed by atoms with Gasteiger partial charge in [-0.25, -0.2) is 4.79 Å². The van der Waals surface area contributed by atoms with Crippen LogP contribution in [0.5, 0.6) is 0 Å². The Balaban J connectivity index is 0.000000810. The highest BCUT2D eigenvalue weighted by atomic mass is 19.1. The Morgan fingerprint density at radius 1 is 1.56 bits per heavy atom. The highest BCUT2D eigenvalue weighted by Gasteiger charge is 1.93. The van der Waals surface area contributed by atoms with E-state index in [0.717, 1.165) is 0 Å². The number of hydrogen-bond donors (Lipinski definition) is 2. The number of aromatic nitrogens is 2. The second kappa shape index (κ2) is 1.85. The van der Waals surface area contributed by atoms with Crippen LogP contribution in [0.3, 0.4) is 0 Å². The van der Waals surface area contributed by atoms with Crippen molar-refractivity contribution in [2.75, 3.05) is 0 Å². The quantitative estimate of drug-likeness (QED) is 0.497. The van der Waals surface area contributed by atoms with Crippen LogP contribution in [0.1, 0.15) is 1.43 Å². The van der Waals surface area contributed by atoms with Crippen molar-refractivity contribution in [3.63, 3.8) is 0 Å². The van der Waals surface area contributed by atoms with E-state index in [4.69, 9.17) is 0 Å². The van der Waals surface area contributed by atoms with E-state index in [1.54, 1.807) is 4.98 Å². The van der Waals surface area contributed by atoms with Crippen molar-refractivity contribution in [1.29, 1.82) is 0 Å². The van der Waals surface area contributed by atoms with Crippen LogP contribution in [-0.4, -0.2) is 9.97 Å². The summed E-state index contributed by atoms with van der Waals surface area (Å²) in [5.74, 6) is -0.991. The van der Waals surface area contributed by atoms with Gasteiger partial charge in [-0.15, -0.1) is 0 Å². The van der Waals surface area contributed by atoms with Crippen LogP contribution in [0.15, 0.2) is 15.8 Å². The van der Waals surface area contributed by atoms with Crippen LogP contribution in [0.2, 0.25) is 0 Å². The molecular formula is C4H5FN2O2. The minimum atomic E-state index is -1.00. The third-order valence-electron chi connectivity index (χ3n) is 0.774. The molecule has 0 aliphatic heterocycles. The lowest BCUT2D eigenvalue weighted by molar-refractivity contribution is 0.597. The van der Waals surface area contributed by atoms with Gasteiger partial charge < -0.3 is 4.98 Å². The van der Waals surface area contributed by atoms with E-state index in [9.17, 15) is 14.0 Å². The molecule has 0 saturated heterocycles. The molecule has 0 saturated carbocycles. The first-order valence-electron chi connectivity index (χ1n) is 2.17. The number of nitrogens with one attached hydrogen (secondary N) is 2. The summed E-state index contributed by atoms with van der Waals surface area (Å²) in [4.78, 5) is 24.0. The van der Waals surface area contributed by atoms with Gasteiger partial charge in [-0.1, -0.05) is 0 Å². The maximum absolute atomic E-state index is 12.0. The van der Waals surface area contributed by atoms with Crippen LogP contribution in [-0.2, 0) is 0 Å². The Labute approximate surface area is 49.8 Å². The van der Waals surface area contributed by atoms with Crippen molar-refractivity contribution in [1.82, 2.24) is 9.97 Å². The Hall–Kier alpha value is -1.39. The van der Waals surface area contributed by atoms with Crippen molar-refractivity contribution in [3.05, 3.63) is 32.9 Å². The molecule has 2 N–H and O–H groups in total. The Morgan fingerprint density at radius 2 is 2.22 bits per heavy atom. The Kier molecular flexibility index (Phi) is 1.18. The molecular weight excluding hydrogens is 127 g/mol. The first-order chi connectivity index (χ1) is 4.20. The molecule has 0 aromatic carbocycles. The predicted octanol–water partition coefficient (Wildman–Crippen LogP) is -0.552. The fraction of sp³-hybridized carbons (Fsp3) is 0. The molecule has 0 bridgehead atoms. The molecule has 0 spiro atoms. The van der Waals surface area contributed by atoms with E-state index in [-0.39, 0.29) is 1.43 Å². The van der Waals surface area contributed by atoms with Gasteiger partial charge in [0.2, 0.25) is 5.82 Å². The van der Waals surface area contributed by atoms with Crippen LogP contribution < -0.4 is 11.2 Å². The van der Waals surface area contributed by atoms with Gasteiger partial charge in [-0.3, -0.25) is 9.78 Å². The van der Waals surface area contributed by atoms with E-state index in [1.165, 1.54) is 0 Å². The third kappa shape index (κ3) is 1.04. The van der Waals surface area contributed by atoms with E-state index < -0.39 is 17.1 Å². The second-order valence-corrected chi connectivity index (χ2v) is 1.42.